The summed E-state index contributed by atoms with van der Waals surface area (Å²) in [6.45, 7) is 5.25. The van der Waals surface area contributed by atoms with Crippen LogP contribution in [0.15, 0.2) is 0 Å². The first-order valence-electron chi connectivity index (χ1n) is 30.5. The van der Waals surface area contributed by atoms with E-state index in [4.69, 9.17) is 4.74 Å². The van der Waals surface area contributed by atoms with Gasteiger partial charge in [0.2, 0.25) is 0 Å². The average Bonchev–Trinajstić information content (AvgIpc) is 3.29. The summed E-state index contributed by atoms with van der Waals surface area (Å²) in [5.74, 6) is 0.0366. The third-order valence-corrected chi connectivity index (χ3v) is 14.5. The third kappa shape index (κ3) is 59.5. The highest BCUT2D eigenvalue weighted by Gasteiger charge is 2.03. The molecule has 0 saturated heterocycles. The maximum Gasteiger partial charge on any atom is 0.305 e. The van der Waals surface area contributed by atoms with Crippen molar-refractivity contribution in [1.29, 1.82) is 0 Å². The van der Waals surface area contributed by atoms with Crippen LogP contribution < -0.4 is 0 Å². The molecular weight excluding hydrogens is 765 g/mol. The summed E-state index contributed by atoms with van der Waals surface area (Å²) in [7, 11) is 0. The van der Waals surface area contributed by atoms with E-state index in [-0.39, 0.29) is 5.97 Å². The lowest BCUT2D eigenvalue weighted by Crippen LogP contribution is -2.05. The van der Waals surface area contributed by atoms with Crippen molar-refractivity contribution in [2.45, 2.75) is 380 Å². The number of hydrogen-bond donors (Lipinski definition) is 0. The predicted molar refractivity (Wildman–Crippen MR) is 285 cm³/mol. The molecule has 2 nitrogen and oxygen atoms in total. The Kier molecular flexibility index (Phi) is 59.0. The molecule has 0 aliphatic carbocycles. The topological polar surface area (TPSA) is 26.3 Å². The van der Waals surface area contributed by atoms with E-state index in [1.807, 2.05) is 0 Å². The Balaban J connectivity index is 3.14. The number of hydrogen-bond acceptors (Lipinski definition) is 2. The van der Waals surface area contributed by atoms with Crippen LogP contribution in [0.3, 0.4) is 0 Å². The van der Waals surface area contributed by atoms with Crippen LogP contribution in [-0.4, -0.2) is 12.6 Å². The fourth-order valence-electron chi connectivity index (χ4n) is 9.97. The van der Waals surface area contributed by atoms with Gasteiger partial charge in [0.15, 0.2) is 0 Å². The van der Waals surface area contributed by atoms with Crippen molar-refractivity contribution >= 4 is 5.97 Å². The smallest absolute Gasteiger partial charge is 0.305 e. The Bertz CT molecular complexity index is 792. The minimum atomic E-state index is 0.0366. The van der Waals surface area contributed by atoms with Crippen molar-refractivity contribution in [1.82, 2.24) is 0 Å². The molecule has 0 saturated carbocycles. The summed E-state index contributed by atoms with van der Waals surface area (Å²) in [5.41, 5.74) is 0. The van der Waals surface area contributed by atoms with Crippen LogP contribution in [0.1, 0.15) is 380 Å². The zero-order valence-corrected chi connectivity index (χ0v) is 44.3. The molecule has 0 unspecified atom stereocenters. The Morgan fingerprint density at radius 1 is 0.206 bits per heavy atom. The molecule has 0 aliphatic rings. The van der Waals surface area contributed by atoms with Gasteiger partial charge in [-0.3, -0.25) is 4.79 Å². The Labute approximate surface area is 400 Å². The number of ether oxygens (including phenoxy) is 1. The first-order chi connectivity index (χ1) is 31.3. The lowest BCUT2D eigenvalue weighted by Gasteiger charge is -2.06. The van der Waals surface area contributed by atoms with Gasteiger partial charge in [0.1, 0.15) is 0 Å². The Morgan fingerprint density at radius 2 is 0.349 bits per heavy atom. The number of esters is 1. The standard InChI is InChI=1S/C61H122O2/c1-3-5-7-9-11-13-15-17-19-21-23-25-27-29-30-31-32-33-34-35-36-38-40-42-44-46-48-50-52-54-56-58-60-63-61(62)59-57-55-53-51-49-47-45-43-41-39-37-28-26-24-22-20-18-16-14-12-10-8-6-4-2/h3-60H2,1-2H3. The van der Waals surface area contributed by atoms with Crippen LogP contribution in [0.25, 0.3) is 0 Å². The molecule has 0 amide bonds. The molecule has 0 aromatic rings. The molecule has 0 aliphatic heterocycles. The monoisotopic (exact) mass is 887 g/mol. The number of unbranched alkanes of at least 4 members (excludes halogenated alkanes) is 54. The molecule has 0 rings (SSSR count). The molecule has 63 heavy (non-hydrogen) atoms. The highest BCUT2D eigenvalue weighted by molar-refractivity contribution is 5.69. The number of carbonyl (C=O) groups is 1. The van der Waals surface area contributed by atoms with E-state index in [0.717, 1.165) is 12.8 Å². The van der Waals surface area contributed by atoms with E-state index in [1.54, 1.807) is 0 Å². The molecule has 378 valence electrons. The van der Waals surface area contributed by atoms with Gasteiger partial charge < -0.3 is 4.74 Å². The summed E-state index contributed by atoms with van der Waals surface area (Å²) in [4.78, 5) is 12.1. The molecule has 0 fully saturated rings. The van der Waals surface area contributed by atoms with Gasteiger partial charge in [0.05, 0.1) is 6.61 Å². The third-order valence-electron chi connectivity index (χ3n) is 14.5. The molecule has 0 atom stereocenters. The second kappa shape index (κ2) is 59.5. The SMILES string of the molecule is CCCCCCCCCCCCCCCCCCCCCCCCCCCCCCCCCCOC(=O)CCCCCCCCCCCCCCCCCCCCCCCCCC. The molecular formula is C61H122O2. The van der Waals surface area contributed by atoms with Crippen molar-refractivity contribution in [3.05, 3.63) is 0 Å². The highest BCUT2D eigenvalue weighted by Crippen LogP contribution is 2.19. The van der Waals surface area contributed by atoms with Crippen LogP contribution in [0.5, 0.6) is 0 Å². The van der Waals surface area contributed by atoms with Crippen molar-refractivity contribution in [3.63, 3.8) is 0 Å². The Morgan fingerprint density at radius 3 is 0.524 bits per heavy atom. The highest BCUT2D eigenvalue weighted by atomic mass is 16.5. The summed E-state index contributed by atoms with van der Waals surface area (Å²) >= 11 is 0. The molecule has 0 aromatic heterocycles. The second-order valence-corrected chi connectivity index (χ2v) is 21.1. The van der Waals surface area contributed by atoms with Gasteiger partial charge in [-0.2, -0.15) is 0 Å². The van der Waals surface area contributed by atoms with Gasteiger partial charge in [-0.15, -0.1) is 0 Å². The maximum atomic E-state index is 12.1. The van der Waals surface area contributed by atoms with Crippen molar-refractivity contribution in [3.8, 4) is 0 Å². The summed E-state index contributed by atoms with van der Waals surface area (Å²) in [6.07, 6.45) is 80.2. The van der Waals surface area contributed by atoms with Crippen LogP contribution in [0, 0.1) is 0 Å². The maximum absolute atomic E-state index is 12.1. The van der Waals surface area contributed by atoms with E-state index < -0.39 is 0 Å². The molecule has 0 heterocycles. The van der Waals surface area contributed by atoms with Gasteiger partial charge in [0.25, 0.3) is 0 Å². The molecule has 0 radical (unpaired) electrons. The van der Waals surface area contributed by atoms with Crippen molar-refractivity contribution < 1.29 is 9.53 Å². The second-order valence-electron chi connectivity index (χ2n) is 21.1. The van der Waals surface area contributed by atoms with E-state index in [9.17, 15) is 4.79 Å². The Hall–Kier alpha value is -0.530. The van der Waals surface area contributed by atoms with Crippen molar-refractivity contribution in [2.75, 3.05) is 6.61 Å². The molecule has 2 heteroatoms. The molecule has 0 N–H and O–H groups in total. The molecule has 0 spiro atoms. The van der Waals surface area contributed by atoms with E-state index >= 15 is 0 Å². The summed E-state index contributed by atoms with van der Waals surface area (Å²) in [6, 6.07) is 0. The van der Waals surface area contributed by atoms with Crippen molar-refractivity contribution in [2.24, 2.45) is 0 Å². The minimum absolute atomic E-state index is 0.0366. The predicted octanol–water partition coefficient (Wildman–Crippen LogP) is 22.8. The molecule has 0 aromatic carbocycles. The quantitative estimate of drug-likeness (QED) is 0.0449. The van der Waals surface area contributed by atoms with E-state index in [2.05, 4.69) is 13.8 Å². The first kappa shape index (κ1) is 62.5. The van der Waals surface area contributed by atoms with Gasteiger partial charge >= 0.3 is 5.97 Å². The van der Waals surface area contributed by atoms with Crippen LogP contribution in [0.4, 0.5) is 0 Å². The zero-order valence-electron chi connectivity index (χ0n) is 44.3. The normalized spacial score (nSPS) is 11.6. The number of carbonyl (C=O) groups excluding carboxylic acids is 1. The summed E-state index contributed by atoms with van der Waals surface area (Å²) < 4.78 is 5.52. The first-order valence-corrected chi connectivity index (χ1v) is 30.5. The van der Waals surface area contributed by atoms with E-state index in [1.165, 1.54) is 347 Å². The zero-order chi connectivity index (χ0) is 45.3. The van der Waals surface area contributed by atoms with Gasteiger partial charge in [-0.25, -0.2) is 0 Å². The summed E-state index contributed by atoms with van der Waals surface area (Å²) in [5, 5.41) is 0. The lowest BCUT2D eigenvalue weighted by atomic mass is 10.0. The van der Waals surface area contributed by atoms with Crippen LogP contribution in [0.2, 0.25) is 0 Å². The van der Waals surface area contributed by atoms with Gasteiger partial charge in [-0.05, 0) is 12.8 Å². The van der Waals surface area contributed by atoms with E-state index in [0.29, 0.717) is 13.0 Å². The lowest BCUT2D eigenvalue weighted by molar-refractivity contribution is -0.143. The number of rotatable bonds is 58. The average molecular weight is 888 g/mol. The fraction of sp³-hybridized carbons (Fsp3) is 0.984. The fourth-order valence-corrected chi connectivity index (χ4v) is 9.97. The molecule has 0 bridgehead atoms. The van der Waals surface area contributed by atoms with Crippen LogP contribution in [-0.2, 0) is 9.53 Å². The minimum Gasteiger partial charge on any atom is -0.466 e. The van der Waals surface area contributed by atoms with Gasteiger partial charge in [0, 0.05) is 6.42 Å². The largest absolute Gasteiger partial charge is 0.466 e. The van der Waals surface area contributed by atoms with Gasteiger partial charge in [-0.1, -0.05) is 361 Å². The van der Waals surface area contributed by atoms with Crippen LogP contribution >= 0.6 is 0 Å².